The zero-order valence-corrected chi connectivity index (χ0v) is 10.6. The second-order valence-electron chi connectivity index (χ2n) is 3.28. The molecule has 0 fully saturated rings. The van der Waals surface area contributed by atoms with Crippen molar-refractivity contribution >= 4 is 29.0 Å². The molecule has 0 bridgehead atoms. The lowest BCUT2D eigenvalue weighted by Gasteiger charge is -2.10. The van der Waals surface area contributed by atoms with Gasteiger partial charge in [0.2, 0.25) is 5.91 Å². The zero-order valence-electron chi connectivity index (χ0n) is 8.99. The average Bonchev–Trinajstić information content (AvgIpc) is 2.68. The number of hydrogen-bond acceptors (Lipinski definition) is 5. The van der Waals surface area contributed by atoms with Crippen LogP contribution >= 0.6 is 23.1 Å². The molecule has 1 rings (SSSR count). The molecular formula is C9H15N3O2S2. The minimum Gasteiger partial charge on any atom is -0.349 e. The van der Waals surface area contributed by atoms with Crippen molar-refractivity contribution < 1.29 is 4.79 Å². The Kier molecular flexibility index (Phi) is 5.58. The summed E-state index contributed by atoms with van der Waals surface area (Å²) < 4.78 is 0. The first-order valence-electron chi connectivity index (χ1n) is 4.82. The Balaban J connectivity index is 2.32. The van der Waals surface area contributed by atoms with Crippen molar-refractivity contribution in [1.29, 1.82) is 0 Å². The molecule has 0 saturated carbocycles. The molecule has 0 unspecified atom stereocenters. The van der Waals surface area contributed by atoms with Gasteiger partial charge in [0.15, 0.2) is 0 Å². The van der Waals surface area contributed by atoms with Crippen molar-refractivity contribution in [3.63, 3.8) is 0 Å². The fourth-order valence-electron chi connectivity index (χ4n) is 1.09. The Morgan fingerprint density at radius 2 is 2.50 bits per heavy atom. The highest BCUT2D eigenvalue weighted by molar-refractivity contribution is 7.98. The molecule has 4 N–H and O–H groups in total. The van der Waals surface area contributed by atoms with Gasteiger partial charge >= 0.3 is 4.87 Å². The van der Waals surface area contributed by atoms with Crippen LogP contribution in [0, 0.1) is 0 Å². The number of nitrogens with one attached hydrogen (secondary N) is 2. The third kappa shape index (κ3) is 4.38. The van der Waals surface area contributed by atoms with E-state index in [-0.39, 0.29) is 10.8 Å². The summed E-state index contributed by atoms with van der Waals surface area (Å²) in [7, 11) is 0. The number of thioether (sulfide) groups is 1. The van der Waals surface area contributed by atoms with Gasteiger partial charge in [0.1, 0.15) is 0 Å². The number of aromatic amines is 1. The Bertz CT molecular complexity index is 388. The van der Waals surface area contributed by atoms with Gasteiger partial charge in [-0.05, 0) is 18.4 Å². The number of hydrogen-bond donors (Lipinski definition) is 3. The van der Waals surface area contributed by atoms with Crippen LogP contribution in [0.3, 0.4) is 0 Å². The number of amides is 1. The van der Waals surface area contributed by atoms with E-state index >= 15 is 0 Å². The number of nitrogens with two attached hydrogens (primary N) is 1. The molecule has 1 aromatic rings. The fraction of sp³-hybridized carbons (Fsp3) is 0.556. The van der Waals surface area contributed by atoms with Gasteiger partial charge in [0.05, 0.1) is 12.6 Å². The number of carbonyl (C=O) groups is 1. The highest BCUT2D eigenvalue weighted by Crippen LogP contribution is 1.99. The Morgan fingerprint density at radius 3 is 3.06 bits per heavy atom. The van der Waals surface area contributed by atoms with Crippen LogP contribution in [0.5, 0.6) is 0 Å². The lowest BCUT2D eigenvalue weighted by molar-refractivity contribution is -0.122. The Hall–Kier alpha value is -0.790. The van der Waals surface area contributed by atoms with Crippen molar-refractivity contribution in [2.24, 2.45) is 5.73 Å². The molecule has 16 heavy (non-hydrogen) atoms. The van der Waals surface area contributed by atoms with Gasteiger partial charge in [0.25, 0.3) is 0 Å². The molecule has 1 atom stereocenters. The maximum absolute atomic E-state index is 11.5. The summed E-state index contributed by atoms with van der Waals surface area (Å²) in [6.45, 7) is 0.324. The molecule has 7 heteroatoms. The van der Waals surface area contributed by atoms with E-state index in [0.717, 1.165) is 17.1 Å². The van der Waals surface area contributed by atoms with Gasteiger partial charge in [-0.25, -0.2) is 0 Å². The van der Waals surface area contributed by atoms with Crippen molar-refractivity contribution in [2.45, 2.75) is 19.0 Å². The molecule has 1 amide bonds. The monoisotopic (exact) mass is 261 g/mol. The molecule has 0 radical (unpaired) electrons. The molecule has 0 saturated heterocycles. The molecule has 0 aliphatic heterocycles. The standard InChI is InChI=1S/C9H15N3O2S2/c1-15-3-2-7(10)8(13)11-4-6-5-16-9(14)12-6/h5,7H,2-4,10H2,1H3,(H,11,13)(H,12,14)/t7-/m1/s1. The molecule has 90 valence electrons. The number of carbonyl (C=O) groups excluding carboxylic acids is 1. The Morgan fingerprint density at radius 1 is 1.75 bits per heavy atom. The number of H-pyrrole nitrogens is 1. The molecule has 0 aliphatic rings. The summed E-state index contributed by atoms with van der Waals surface area (Å²) in [6, 6.07) is -0.474. The fourth-order valence-corrected chi connectivity index (χ4v) is 2.16. The highest BCUT2D eigenvalue weighted by Gasteiger charge is 2.12. The lowest BCUT2D eigenvalue weighted by Crippen LogP contribution is -2.40. The third-order valence-electron chi connectivity index (χ3n) is 1.99. The van der Waals surface area contributed by atoms with Crippen LogP contribution in [-0.4, -0.2) is 28.9 Å². The molecule has 0 spiro atoms. The summed E-state index contributed by atoms with van der Waals surface area (Å²) in [6.07, 6.45) is 2.63. The first-order chi connectivity index (χ1) is 7.63. The Labute approximate surface area is 102 Å². The predicted molar refractivity (Wildman–Crippen MR) is 67.8 cm³/mol. The SMILES string of the molecule is CSCC[C@@H](N)C(=O)NCc1csc(=O)[nH]1. The van der Waals surface area contributed by atoms with E-state index in [1.54, 1.807) is 17.1 Å². The second-order valence-corrected chi connectivity index (χ2v) is 5.11. The highest BCUT2D eigenvalue weighted by atomic mass is 32.2. The number of aromatic nitrogens is 1. The molecule has 0 aliphatic carbocycles. The quantitative estimate of drug-likeness (QED) is 0.679. The summed E-state index contributed by atoms with van der Waals surface area (Å²) in [5, 5.41) is 4.37. The van der Waals surface area contributed by atoms with E-state index in [1.807, 2.05) is 6.26 Å². The van der Waals surface area contributed by atoms with Gasteiger partial charge in [-0.2, -0.15) is 11.8 Å². The van der Waals surface area contributed by atoms with Crippen LogP contribution in [0.15, 0.2) is 10.2 Å². The zero-order chi connectivity index (χ0) is 12.0. The van der Waals surface area contributed by atoms with Crippen LogP contribution in [0.2, 0.25) is 0 Å². The van der Waals surface area contributed by atoms with Crippen LogP contribution in [0.25, 0.3) is 0 Å². The first kappa shape index (κ1) is 13.3. The summed E-state index contributed by atoms with van der Waals surface area (Å²) in [5.41, 5.74) is 6.39. The molecule has 1 heterocycles. The van der Waals surface area contributed by atoms with Gasteiger partial charge in [-0.1, -0.05) is 11.3 Å². The number of thiazole rings is 1. The van der Waals surface area contributed by atoms with Gasteiger partial charge in [-0.15, -0.1) is 0 Å². The van der Waals surface area contributed by atoms with Gasteiger partial charge < -0.3 is 16.0 Å². The van der Waals surface area contributed by atoms with Crippen LogP contribution in [-0.2, 0) is 11.3 Å². The summed E-state index contributed by atoms with van der Waals surface area (Å²) in [5.74, 6) is 0.685. The molecule has 0 aromatic carbocycles. The summed E-state index contributed by atoms with van der Waals surface area (Å²) in [4.78, 5) is 24.8. The second kappa shape index (κ2) is 6.72. The van der Waals surface area contributed by atoms with E-state index in [4.69, 9.17) is 5.73 Å². The maximum atomic E-state index is 11.5. The van der Waals surface area contributed by atoms with Crippen molar-refractivity contribution in [3.8, 4) is 0 Å². The number of rotatable bonds is 6. The van der Waals surface area contributed by atoms with Gasteiger partial charge in [-0.3, -0.25) is 9.59 Å². The maximum Gasteiger partial charge on any atom is 0.304 e. The largest absolute Gasteiger partial charge is 0.349 e. The van der Waals surface area contributed by atoms with E-state index in [9.17, 15) is 9.59 Å². The van der Waals surface area contributed by atoms with E-state index in [2.05, 4.69) is 10.3 Å². The van der Waals surface area contributed by atoms with E-state index < -0.39 is 6.04 Å². The van der Waals surface area contributed by atoms with E-state index in [0.29, 0.717) is 18.7 Å². The van der Waals surface area contributed by atoms with Crippen molar-refractivity contribution in [2.75, 3.05) is 12.0 Å². The summed E-state index contributed by atoms with van der Waals surface area (Å²) >= 11 is 2.74. The predicted octanol–water partition coefficient (Wildman–Crippen LogP) is 0.133. The minimum atomic E-state index is -0.474. The molecule has 5 nitrogen and oxygen atoms in total. The third-order valence-corrected chi connectivity index (χ3v) is 3.36. The van der Waals surface area contributed by atoms with Crippen molar-refractivity contribution in [3.05, 3.63) is 20.7 Å². The molecule has 1 aromatic heterocycles. The van der Waals surface area contributed by atoms with Crippen LogP contribution in [0.4, 0.5) is 0 Å². The van der Waals surface area contributed by atoms with Crippen molar-refractivity contribution in [1.82, 2.24) is 10.3 Å². The minimum absolute atomic E-state index is 0.115. The smallest absolute Gasteiger partial charge is 0.304 e. The molecular weight excluding hydrogens is 246 g/mol. The van der Waals surface area contributed by atoms with Crippen LogP contribution in [0.1, 0.15) is 12.1 Å². The van der Waals surface area contributed by atoms with Gasteiger partial charge in [0, 0.05) is 11.1 Å². The normalized spacial score (nSPS) is 12.4. The average molecular weight is 261 g/mol. The lowest BCUT2D eigenvalue weighted by atomic mass is 10.2. The van der Waals surface area contributed by atoms with Crippen LogP contribution < -0.4 is 15.9 Å². The first-order valence-corrected chi connectivity index (χ1v) is 7.09. The topological polar surface area (TPSA) is 88.0 Å². The van der Waals surface area contributed by atoms with E-state index in [1.165, 1.54) is 0 Å².